The Labute approximate surface area is 151 Å². The summed E-state index contributed by atoms with van der Waals surface area (Å²) >= 11 is 5.88. The Balaban J connectivity index is 1.66. The van der Waals surface area contributed by atoms with Crippen LogP contribution in [-0.4, -0.2) is 15.5 Å². The second-order valence-electron chi connectivity index (χ2n) is 5.55. The predicted octanol–water partition coefficient (Wildman–Crippen LogP) is 3.58. The van der Waals surface area contributed by atoms with E-state index in [-0.39, 0.29) is 5.91 Å². The van der Waals surface area contributed by atoms with Gasteiger partial charge in [0.15, 0.2) is 0 Å². The molecule has 0 unspecified atom stereocenters. The molecule has 0 radical (unpaired) electrons. The maximum absolute atomic E-state index is 12.5. The zero-order valence-electron chi connectivity index (χ0n) is 13.8. The van der Waals surface area contributed by atoms with E-state index >= 15 is 0 Å². The van der Waals surface area contributed by atoms with Crippen molar-refractivity contribution in [2.45, 2.75) is 13.2 Å². The molecule has 1 N–H and O–H groups in total. The summed E-state index contributed by atoms with van der Waals surface area (Å²) in [5.74, 6) is 1.12. The fraction of sp³-hybridized carbons (Fsp3) is 0.158. The van der Waals surface area contributed by atoms with Gasteiger partial charge in [-0.15, -0.1) is 0 Å². The van der Waals surface area contributed by atoms with Crippen molar-refractivity contribution in [1.82, 2.24) is 14.9 Å². The van der Waals surface area contributed by atoms with Crippen LogP contribution >= 0.6 is 11.6 Å². The Bertz CT molecular complexity index is 859. The molecule has 5 nitrogen and oxygen atoms in total. The molecule has 3 rings (SSSR count). The molecular weight excluding hydrogens is 338 g/mol. The molecule has 0 atom stereocenters. The largest absolute Gasteiger partial charge is 0.488 e. The number of para-hydroxylation sites is 1. The van der Waals surface area contributed by atoms with Crippen LogP contribution in [0.25, 0.3) is 0 Å². The lowest BCUT2D eigenvalue weighted by Crippen LogP contribution is -2.25. The highest BCUT2D eigenvalue weighted by atomic mass is 35.5. The van der Waals surface area contributed by atoms with Gasteiger partial charge in [-0.05, 0) is 29.8 Å². The van der Waals surface area contributed by atoms with E-state index in [1.54, 1.807) is 18.3 Å². The third-order valence-corrected chi connectivity index (χ3v) is 4.02. The summed E-state index contributed by atoms with van der Waals surface area (Å²) < 4.78 is 7.68. The van der Waals surface area contributed by atoms with Crippen molar-refractivity contribution in [2.75, 3.05) is 0 Å². The van der Waals surface area contributed by atoms with E-state index < -0.39 is 0 Å². The first-order chi connectivity index (χ1) is 12.1. The van der Waals surface area contributed by atoms with Gasteiger partial charge in [-0.3, -0.25) is 4.79 Å². The number of aryl methyl sites for hydroxylation is 1. The van der Waals surface area contributed by atoms with E-state index in [0.29, 0.717) is 29.5 Å². The molecule has 2 aromatic carbocycles. The third kappa shape index (κ3) is 4.39. The van der Waals surface area contributed by atoms with Crippen LogP contribution in [0.3, 0.4) is 0 Å². The number of hydrogen-bond acceptors (Lipinski definition) is 3. The van der Waals surface area contributed by atoms with Gasteiger partial charge in [0.25, 0.3) is 5.91 Å². The monoisotopic (exact) mass is 355 g/mol. The lowest BCUT2D eigenvalue weighted by Gasteiger charge is -2.12. The minimum atomic E-state index is -0.199. The summed E-state index contributed by atoms with van der Waals surface area (Å²) in [6.07, 6.45) is 3.54. The zero-order chi connectivity index (χ0) is 17.6. The minimum Gasteiger partial charge on any atom is -0.488 e. The highest BCUT2D eigenvalue weighted by Gasteiger charge is 2.13. The van der Waals surface area contributed by atoms with Crippen molar-refractivity contribution in [2.24, 2.45) is 7.05 Å². The van der Waals surface area contributed by atoms with Gasteiger partial charge >= 0.3 is 0 Å². The van der Waals surface area contributed by atoms with Gasteiger partial charge in [0, 0.05) is 24.5 Å². The normalized spacial score (nSPS) is 10.5. The molecule has 0 bridgehead atoms. The number of amides is 1. The van der Waals surface area contributed by atoms with Gasteiger partial charge in [-0.25, -0.2) is 4.98 Å². The Morgan fingerprint density at radius 2 is 1.96 bits per heavy atom. The number of hydrogen-bond donors (Lipinski definition) is 1. The van der Waals surface area contributed by atoms with E-state index in [1.807, 2.05) is 54.2 Å². The van der Waals surface area contributed by atoms with Gasteiger partial charge < -0.3 is 14.6 Å². The lowest BCUT2D eigenvalue weighted by molar-refractivity contribution is 0.0945. The Kier molecular flexibility index (Phi) is 5.36. The number of benzene rings is 2. The quantitative estimate of drug-likeness (QED) is 0.735. The van der Waals surface area contributed by atoms with Gasteiger partial charge in [0.05, 0.1) is 12.1 Å². The molecule has 0 saturated heterocycles. The highest BCUT2D eigenvalue weighted by molar-refractivity contribution is 6.30. The van der Waals surface area contributed by atoms with E-state index in [4.69, 9.17) is 16.3 Å². The van der Waals surface area contributed by atoms with Crippen LogP contribution in [0.4, 0.5) is 0 Å². The van der Waals surface area contributed by atoms with E-state index in [9.17, 15) is 4.79 Å². The van der Waals surface area contributed by atoms with Gasteiger partial charge in [-0.1, -0.05) is 35.9 Å². The fourth-order valence-electron chi connectivity index (χ4n) is 2.34. The molecule has 0 fully saturated rings. The summed E-state index contributed by atoms with van der Waals surface area (Å²) in [5, 5.41) is 3.55. The SMILES string of the molecule is Cn1ccnc1CNC(=O)c1ccccc1OCc1ccc(Cl)cc1. The summed E-state index contributed by atoms with van der Waals surface area (Å²) in [5.41, 5.74) is 1.47. The number of nitrogens with one attached hydrogen (secondary N) is 1. The van der Waals surface area contributed by atoms with Crippen molar-refractivity contribution < 1.29 is 9.53 Å². The summed E-state index contributed by atoms with van der Waals surface area (Å²) in [7, 11) is 1.89. The van der Waals surface area contributed by atoms with Crippen molar-refractivity contribution in [3.8, 4) is 5.75 Å². The molecule has 1 aromatic heterocycles. The third-order valence-electron chi connectivity index (χ3n) is 3.77. The van der Waals surface area contributed by atoms with E-state index in [2.05, 4.69) is 10.3 Å². The molecule has 6 heteroatoms. The molecule has 1 amide bonds. The minimum absolute atomic E-state index is 0.199. The average molecular weight is 356 g/mol. The van der Waals surface area contributed by atoms with Gasteiger partial charge in [0.1, 0.15) is 18.2 Å². The van der Waals surface area contributed by atoms with Crippen molar-refractivity contribution in [3.05, 3.63) is 82.9 Å². The van der Waals surface area contributed by atoms with Crippen LogP contribution in [-0.2, 0) is 20.2 Å². The number of halogens is 1. The van der Waals surface area contributed by atoms with Crippen LogP contribution < -0.4 is 10.1 Å². The van der Waals surface area contributed by atoms with E-state index in [1.165, 1.54) is 0 Å². The van der Waals surface area contributed by atoms with Crippen LogP contribution in [0.5, 0.6) is 5.75 Å². The first kappa shape index (κ1) is 17.0. The van der Waals surface area contributed by atoms with Crippen molar-refractivity contribution >= 4 is 17.5 Å². The number of imidazole rings is 1. The van der Waals surface area contributed by atoms with Crippen LogP contribution in [0.15, 0.2) is 60.9 Å². The van der Waals surface area contributed by atoms with Crippen LogP contribution in [0, 0.1) is 0 Å². The molecule has 0 spiro atoms. The van der Waals surface area contributed by atoms with Gasteiger partial charge in [-0.2, -0.15) is 0 Å². The molecule has 0 saturated carbocycles. The second-order valence-corrected chi connectivity index (χ2v) is 5.98. The zero-order valence-corrected chi connectivity index (χ0v) is 14.5. The van der Waals surface area contributed by atoms with Crippen LogP contribution in [0.2, 0.25) is 5.02 Å². The highest BCUT2D eigenvalue weighted by Crippen LogP contribution is 2.20. The first-order valence-corrected chi connectivity index (χ1v) is 8.22. The fourth-order valence-corrected chi connectivity index (χ4v) is 2.47. The molecule has 128 valence electrons. The number of ether oxygens (including phenoxy) is 1. The summed E-state index contributed by atoms with van der Waals surface area (Å²) in [6.45, 7) is 0.717. The number of nitrogens with zero attached hydrogens (tertiary/aromatic N) is 2. The van der Waals surface area contributed by atoms with Crippen LogP contribution in [0.1, 0.15) is 21.7 Å². The number of carbonyl (C=O) groups excluding carboxylic acids is 1. The standard InChI is InChI=1S/C19H18ClN3O2/c1-23-11-10-21-18(23)12-22-19(24)16-4-2-3-5-17(16)25-13-14-6-8-15(20)9-7-14/h2-11H,12-13H2,1H3,(H,22,24). The maximum Gasteiger partial charge on any atom is 0.255 e. The predicted molar refractivity (Wildman–Crippen MR) is 96.6 cm³/mol. The second kappa shape index (κ2) is 7.85. The number of aromatic nitrogens is 2. The molecule has 0 aliphatic rings. The lowest BCUT2D eigenvalue weighted by atomic mass is 10.2. The van der Waals surface area contributed by atoms with Crippen molar-refractivity contribution in [1.29, 1.82) is 0 Å². The molecular formula is C19H18ClN3O2. The Hall–Kier alpha value is -2.79. The maximum atomic E-state index is 12.5. The smallest absolute Gasteiger partial charge is 0.255 e. The summed E-state index contributed by atoms with van der Waals surface area (Å²) in [4.78, 5) is 16.7. The Morgan fingerprint density at radius 1 is 1.20 bits per heavy atom. The van der Waals surface area contributed by atoms with Gasteiger partial charge in [0.2, 0.25) is 0 Å². The Morgan fingerprint density at radius 3 is 2.68 bits per heavy atom. The topological polar surface area (TPSA) is 56.2 Å². The average Bonchev–Trinajstić information content (AvgIpc) is 3.04. The summed E-state index contributed by atoms with van der Waals surface area (Å²) in [6, 6.07) is 14.6. The molecule has 0 aliphatic carbocycles. The van der Waals surface area contributed by atoms with Crippen molar-refractivity contribution in [3.63, 3.8) is 0 Å². The number of rotatable bonds is 6. The first-order valence-electron chi connectivity index (χ1n) is 7.84. The molecule has 3 aromatic rings. The van der Waals surface area contributed by atoms with E-state index in [0.717, 1.165) is 11.4 Å². The number of carbonyl (C=O) groups is 1. The molecule has 25 heavy (non-hydrogen) atoms. The molecule has 0 aliphatic heterocycles. The molecule has 1 heterocycles.